The van der Waals surface area contributed by atoms with Gasteiger partial charge in [0.1, 0.15) is 5.82 Å². The topological polar surface area (TPSA) is 63.3 Å². The predicted molar refractivity (Wildman–Crippen MR) is 92.3 cm³/mol. The first kappa shape index (κ1) is 17.4. The van der Waals surface area contributed by atoms with Crippen molar-refractivity contribution in [3.8, 4) is 0 Å². The number of benzene rings is 3. The Morgan fingerprint density at radius 3 is 1.58 bits per heavy atom. The van der Waals surface area contributed by atoms with Crippen LogP contribution in [0.3, 0.4) is 0 Å². The lowest BCUT2D eigenvalue weighted by Crippen LogP contribution is -2.11. The SMILES string of the molecule is NC(c1ccccc1)c1ccccc1.O=C(O)c1ccccc1F. The van der Waals surface area contributed by atoms with Gasteiger partial charge in [0.15, 0.2) is 0 Å². The zero-order valence-corrected chi connectivity index (χ0v) is 13.0. The molecule has 0 bridgehead atoms. The van der Waals surface area contributed by atoms with E-state index in [0.717, 1.165) is 17.2 Å². The molecular weight excluding hydrogens is 305 g/mol. The first-order valence-corrected chi connectivity index (χ1v) is 7.43. The lowest BCUT2D eigenvalue weighted by molar-refractivity contribution is 0.0692. The first-order valence-electron chi connectivity index (χ1n) is 7.43. The molecule has 3 nitrogen and oxygen atoms in total. The van der Waals surface area contributed by atoms with Gasteiger partial charge in [0, 0.05) is 0 Å². The van der Waals surface area contributed by atoms with Gasteiger partial charge in [0.05, 0.1) is 11.6 Å². The molecule has 3 rings (SSSR count). The Balaban J connectivity index is 0.000000185. The quantitative estimate of drug-likeness (QED) is 0.757. The maximum absolute atomic E-state index is 12.5. The minimum Gasteiger partial charge on any atom is -0.478 e. The highest BCUT2D eigenvalue weighted by Gasteiger charge is 2.07. The number of carboxylic acids is 1. The lowest BCUT2D eigenvalue weighted by atomic mass is 10.00. The van der Waals surface area contributed by atoms with Gasteiger partial charge in [-0.3, -0.25) is 0 Å². The number of rotatable bonds is 3. The number of carbonyl (C=O) groups is 1. The minimum absolute atomic E-state index is 0.0163. The second-order valence-corrected chi connectivity index (χ2v) is 5.08. The first-order chi connectivity index (χ1) is 11.6. The fourth-order valence-electron chi connectivity index (χ4n) is 2.15. The Labute approximate surface area is 140 Å². The second-order valence-electron chi connectivity index (χ2n) is 5.08. The normalized spacial score (nSPS) is 9.96. The van der Waals surface area contributed by atoms with Crippen molar-refractivity contribution < 1.29 is 14.3 Å². The van der Waals surface area contributed by atoms with Crippen molar-refractivity contribution in [2.45, 2.75) is 6.04 Å². The average Bonchev–Trinajstić information content (AvgIpc) is 2.63. The highest BCUT2D eigenvalue weighted by Crippen LogP contribution is 2.18. The molecule has 0 amide bonds. The molecule has 3 aromatic rings. The van der Waals surface area contributed by atoms with Crippen molar-refractivity contribution in [2.75, 3.05) is 0 Å². The summed E-state index contributed by atoms with van der Waals surface area (Å²) in [5, 5.41) is 8.33. The molecule has 0 unspecified atom stereocenters. The van der Waals surface area contributed by atoms with E-state index < -0.39 is 11.8 Å². The predicted octanol–water partition coefficient (Wildman–Crippen LogP) is 4.26. The molecule has 3 N–H and O–H groups in total. The Morgan fingerprint density at radius 2 is 1.21 bits per heavy atom. The summed E-state index contributed by atoms with van der Waals surface area (Å²) in [5.74, 6) is -1.94. The molecular formula is C20H18FNO2. The fourth-order valence-corrected chi connectivity index (χ4v) is 2.15. The summed E-state index contributed by atoms with van der Waals surface area (Å²) in [6, 6.07) is 25.5. The van der Waals surface area contributed by atoms with Crippen LogP contribution in [0.15, 0.2) is 84.9 Å². The van der Waals surface area contributed by atoms with Crippen molar-refractivity contribution >= 4 is 5.97 Å². The number of halogens is 1. The number of carboxylic acid groups (broad SMARTS) is 1. The maximum Gasteiger partial charge on any atom is 0.338 e. The van der Waals surface area contributed by atoms with E-state index >= 15 is 0 Å². The number of hydrogen-bond acceptors (Lipinski definition) is 2. The molecule has 3 aromatic carbocycles. The van der Waals surface area contributed by atoms with Crippen molar-refractivity contribution in [3.05, 3.63) is 107 Å². The van der Waals surface area contributed by atoms with Crippen molar-refractivity contribution in [1.82, 2.24) is 0 Å². The summed E-state index contributed by atoms with van der Waals surface area (Å²) in [6.07, 6.45) is 0. The highest BCUT2D eigenvalue weighted by molar-refractivity contribution is 5.87. The molecule has 0 radical (unpaired) electrons. The van der Waals surface area contributed by atoms with Crippen LogP contribution >= 0.6 is 0 Å². The van der Waals surface area contributed by atoms with Gasteiger partial charge in [-0.05, 0) is 23.3 Å². The third-order valence-electron chi connectivity index (χ3n) is 3.42. The molecule has 0 aliphatic carbocycles. The number of nitrogens with two attached hydrogens (primary N) is 1. The third kappa shape index (κ3) is 4.76. The van der Waals surface area contributed by atoms with Crippen molar-refractivity contribution in [1.29, 1.82) is 0 Å². The van der Waals surface area contributed by atoms with Crippen LogP contribution in [0.1, 0.15) is 27.5 Å². The molecule has 0 fully saturated rings. The van der Waals surface area contributed by atoms with Crippen LogP contribution in [0.2, 0.25) is 0 Å². The van der Waals surface area contributed by atoms with Gasteiger partial charge in [-0.25, -0.2) is 9.18 Å². The summed E-state index contributed by atoms with van der Waals surface area (Å²) in [5.41, 5.74) is 8.13. The summed E-state index contributed by atoms with van der Waals surface area (Å²) in [4.78, 5) is 10.2. The van der Waals surface area contributed by atoms with Gasteiger partial charge in [0.25, 0.3) is 0 Å². The van der Waals surface area contributed by atoms with E-state index in [0.29, 0.717) is 0 Å². The molecule has 0 aromatic heterocycles. The monoisotopic (exact) mass is 323 g/mol. The lowest BCUT2D eigenvalue weighted by Gasteiger charge is -2.11. The molecule has 0 aliphatic heterocycles. The Hall–Kier alpha value is -2.98. The third-order valence-corrected chi connectivity index (χ3v) is 3.42. The van der Waals surface area contributed by atoms with Crippen LogP contribution in [0.4, 0.5) is 4.39 Å². The van der Waals surface area contributed by atoms with Gasteiger partial charge in [-0.15, -0.1) is 0 Å². The van der Waals surface area contributed by atoms with Crippen LogP contribution in [0, 0.1) is 5.82 Å². The molecule has 24 heavy (non-hydrogen) atoms. The highest BCUT2D eigenvalue weighted by atomic mass is 19.1. The molecule has 0 atom stereocenters. The van der Waals surface area contributed by atoms with E-state index in [9.17, 15) is 9.18 Å². The smallest absolute Gasteiger partial charge is 0.338 e. The molecule has 0 heterocycles. The molecule has 4 heteroatoms. The number of hydrogen-bond donors (Lipinski definition) is 2. The summed E-state index contributed by atoms with van der Waals surface area (Å²) >= 11 is 0. The standard InChI is InChI=1S/C13H13N.C7H5FO2/c14-13(11-7-3-1-4-8-11)12-9-5-2-6-10-12;8-6-4-2-1-3-5(6)7(9)10/h1-10,13H,14H2;1-4H,(H,9,10). The van der Waals surface area contributed by atoms with Gasteiger partial charge < -0.3 is 10.8 Å². The van der Waals surface area contributed by atoms with Gasteiger partial charge in [-0.1, -0.05) is 72.8 Å². The minimum atomic E-state index is -1.24. The second kappa shape index (κ2) is 8.60. The fraction of sp³-hybridized carbons (Fsp3) is 0.0500. The van der Waals surface area contributed by atoms with Crippen LogP contribution in [-0.4, -0.2) is 11.1 Å². The zero-order valence-electron chi connectivity index (χ0n) is 13.0. The molecule has 0 saturated heterocycles. The van der Waals surface area contributed by atoms with E-state index in [1.54, 1.807) is 0 Å². The summed E-state index contributed by atoms with van der Waals surface area (Å²) in [7, 11) is 0. The van der Waals surface area contributed by atoms with Gasteiger partial charge >= 0.3 is 5.97 Å². The molecule has 0 spiro atoms. The summed E-state index contributed by atoms with van der Waals surface area (Å²) < 4.78 is 12.5. The zero-order chi connectivity index (χ0) is 17.4. The van der Waals surface area contributed by atoms with Crippen molar-refractivity contribution in [2.24, 2.45) is 5.73 Å². The maximum atomic E-state index is 12.5. The van der Waals surface area contributed by atoms with E-state index in [2.05, 4.69) is 24.3 Å². The molecule has 0 saturated carbocycles. The van der Waals surface area contributed by atoms with Crippen LogP contribution in [-0.2, 0) is 0 Å². The average molecular weight is 323 g/mol. The van der Waals surface area contributed by atoms with E-state index in [-0.39, 0.29) is 11.6 Å². The Morgan fingerprint density at radius 1 is 0.792 bits per heavy atom. The number of aromatic carboxylic acids is 1. The molecule has 122 valence electrons. The van der Waals surface area contributed by atoms with Crippen molar-refractivity contribution in [3.63, 3.8) is 0 Å². The largest absolute Gasteiger partial charge is 0.478 e. The van der Waals surface area contributed by atoms with E-state index in [4.69, 9.17) is 10.8 Å². The van der Waals surface area contributed by atoms with Crippen LogP contribution < -0.4 is 5.73 Å². The Kier molecular flexibility index (Phi) is 6.23. The van der Waals surface area contributed by atoms with Gasteiger partial charge in [-0.2, -0.15) is 0 Å². The van der Waals surface area contributed by atoms with Crippen LogP contribution in [0.5, 0.6) is 0 Å². The molecule has 0 aliphatic rings. The Bertz CT molecular complexity index is 736. The van der Waals surface area contributed by atoms with E-state index in [1.165, 1.54) is 18.2 Å². The van der Waals surface area contributed by atoms with Gasteiger partial charge in [0.2, 0.25) is 0 Å². The summed E-state index contributed by atoms with van der Waals surface area (Å²) in [6.45, 7) is 0. The van der Waals surface area contributed by atoms with Crippen LogP contribution in [0.25, 0.3) is 0 Å². The van der Waals surface area contributed by atoms with E-state index in [1.807, 2.05) is 36.4 Å².